The van der Waals surface area contributed by atoms with E-state index in [0.29, 0.717) is 38.8 Å². The summed E-state index contributed by atoms with van der Waals surface area (Å²) >= 11 is 0. The molecule has 2 aromatic rings. The van der Waals surface area contributed by atoms with Crippen LogP contribution in [-0.2, 0) is 15.7 Å². The highest BCUT2D eigenvalue weighted by atomic mass is 19.4. The Balaban J connectivity index is 1.49. The number of hydrogen-bond donors (Lipinski definition) is 1. The molecule has 1 aromatic heterocycles. The van der Waals surface area contributed by atoms with E-state index in [2.05, 4.69) is 25.1 Å². The average Bonchev–Trinajstić information content (AvgIpc) is 2.80. The molecule has 0 aliphatic carbocycles. The smallest absolute Gasteiger partial charge is 0.379 e. The third-order valence-electron chi connectivity index (χ3n) is 5.57. The molecular formula is C21H26F3N5O2. The summed E-state index contributed by atoms with van der Waals surface area (Å²) in [5.41, 5.74) is 0.181. The van der Waals surface area contributed by atoms with Gasteiger partial charge < -0.3 is 19.7 Å². The van der Waals surface area contributed by atoms with E-state index in [1.165, 1.54) is 6.33 Å². The predicted molar refractivity (Wildman–Crippen MR) is 110 cm³/mol. The number of nitrogens with zero attached hydrogens (tertiary/aromatic N) is 4. The average molecular weight is 437 g/mol. The zero-order chi connectivity index (χ0) is 21.7. The van der Waals surface area contributed by atoms with Gasteiger partial charge in [-0.15, -0.1) is 0 Å². The van der Waals surface area contributed by atoms with Gasteiger partial charge in [0, 0.05) is 38.8 Å². The van der Waals surface area contributed by atoms with Crippen LogP contribution in [-0.4, -0.2) is 74.0 Å². The number of halogens is 3. The molecule has 0 unspecified atom stereocenters. The quantitative estimate of drug-likeness (QED) is 0.746. The molecule has 1 atom stereocenters. The second kappa shape index (κ2) is 9.80. The standard InChI is InChI=1S/C21H26F3N5O2/c22-21(23,24)17-3-1-16(2-4-17)18(28-5-9-30-10-6-28)14-25-19-13-20(27-15-26-19)29-7-11-31-12-8-29/h1-4,13,15,18H,5-12,14H2,(H,25,26,27)/t18-/m0/s1. The summed E-state index contributed by atoms with van der Waals surface area (Å²) in [6.07, 6.45) is -2.82. The van der Waals surface area contributed by atoms with Crippen LogP contribution in [0.4, 0.5) is 24.8 Å². The van der Waals surface area contributed by atoms with Gasteiger partial charge in [-0.05, 0) is 17.7 Å². The third kappa shape index (κ3) is 5.63. The van der Waals surface area contributed by atoms with Crippen molar-refractivity contribution in [1.82, 2.24) is 14.9 Å². The van der Waals surface area contributed by atoms with Crippen molar-refractivity contribution in [2.75, 3.05) is 69.4 Å². The minimum atomic E-state index is -4.35. The molecule has 0 spiro atoms. The normalized spacial score (nSPS) is 19.3. The first-order valence-electron chi connectivity index (χ1n) is 10.4. The predicted octanol–water partition coefficient (Wildman–Crippen LogP) is 2.82. The molecule has 1 aromatic carbocycles. The summed E-state index contributed by atoms with van der Waals surface area (Å²) in [7, 11) is 0. The summed E-state index contributed by atoms with van der Waals surface area (Å²) < 4.78 is 49.7. The van der Waals surface area contributed by atoms with E-state index < -0.39 is 11.7 Å². The molecule has 4 rings (SSSR count). The van der Waals surface area contributed by atoms with Gasteiger partial charge in [0.1, 0.15) is 18.0 Å². The molecule has 2 saturated heterocycles. The Kier molecular flexibility index (Phi) is 6.89. The van der Waals surface area contributed by atoms with Crippen molar-refractivity contribution in [3.8, 4) is 0 Å². The van der Waals surface area contributed by atoms with Gasteiger partial charge >= 0.3 is 6.18 Å². The van der Waals surface area contributed by atoms with E-state index in [-0.39, 0.29) is 6.04 Å². The number of rotatable bonds is 6. The van der Waals surface area contributed by atoms with Gasteiger partial charge in [-0.2, -0.15) is 13.2 Å². The van der Waals surface area contributed by atoms with Crippen molar-refractivity contribution in [2.45, 2.75) is 12.2 Å². The largest absolute Gasteiger partial charge is 0.416 e. The summed E-state index contributed by atoms with van der Waals surface area (Å²) in [4.78, 5) is 13.0. The molecule has 2 fully saturated rings. The van der Waals surface area contributed by atoms with Gasteiger partial charge in [0.25, 0.3) is 0 Å². The second-order valence-electron chi connectivity index (χ2n) is 7.53. The van der Waals surface area contributed by atoms with Crippen molar-refractivity contribution in [1.29, 1.82) is 0 Å². The van der Waals surface area contributed by atoms with Gasteiger partial charge in [-0.1, -0.05) is 12.1 Å². The third-order valence-corrected chi connectivity index (χ3v) is 5.57. The highest BCUT2D eigenvalue weighted by Gasteiger charge is 2.31. The minimum Gasteiger partial charge on any atom is -0.379 e. The molecule has 0 amide bonds. The van der Waals surface area contributed by atoms with Crippen LogP contribution in [0, 0.1) is 0 Å². The maximum absolute atomic E-state index is 13.0. The molecule has 2 aliphatic heterocycles. The van der Waals surface area contributed by atoms with Crippen LogP contribution in [0.3, 0.4) is 0 Å². The van der Waals surface area contributed by atoms with Gasteiger partial charge in [-0.3, -0.25) is 4.90 Å². The van der Waals surface area contributed by atoms with E-state index in [4.69, 9.17) is 9.47 Å². The number of nitrogens with one attached hydrogen (secondary N) is 1. The molecule has 168 valence electrons. The highest BCUT2D eigenvalue weighted by molar-refractivity contribution is 5.49. The van der Waals surface area contributed by atoms with Crippen molar-refractivity contribution in [2.24, 2.45) is 0 Å². The number of alkyl halides is 3. The van der Waals surface area contributed by atoms with Crippen LogP contribution in [0.1, 0.15) is 17.2 Å². The molecule has 2 aliphatic rings. The monoisotopic (exact) mass is 437 g/mol. The molecular weight excluding hydrogens is 411 g/mol. The fourth-order valence-electron chi connectivity index (χ4n) is 3.85. The van der Waals surface area contributed by atoms with Crippen molar-refractivity contribution in [3.05, 3.63) is 47.8 Å². The minimum absolute atomic E-state index is 0.104. The molecule has 10 heteroatoms. The van der Waals surface area contributed by atoms with Gasteiger partial charge in [0.05, 0.1) is 38.0 Å². The summed E-state index contributed by atoms with van der Waals surface area (Å²) in [6.45, 7) is 6.03. The Bertz CT molecular complexity index is 838. The lowest BCUT2D eigenvalue weighted by Gasteiger charge is -2.35. The summed E-state index contributed by atoms with van der Waals surface area (Å²) in [5, 5.41) is 3.35. The van der Waals surface area contributed by atoms with E-state index in [1.54, 1.807) is 12.1 Å². The summed E-state index contributed by atoms with van der Waals surface area (Å²) in [5.74, 6) is 1.51. The Hall–Kier alpha value is -2.43. The van der Waals surface area contributed by atoms with E-state index in [1.807, 2.05) is 6.07 Å². The Labute approximate surface area is 179 Å². The van der Waals surface area contributed by atoms with Gasteiger partial charge in [0.15, 0.2) is 0 Å². The van der Waals surface area contributed by atoms with Crippen molar-refractivity contribution >= 4 is 11.6 Å². The number of anilines is 2. The van der Waals surface area contributed by atoms with Crippen LogP contribution in [0.2, 0.25) is 0 Å². The number of morpholine rings is 2. The van der Waals surface area contributed by atoms with Crippen LogP contribution >= 0.6 is 0 Å². The molecule has 0 saturated carbocycles. The fourth-order valence-corrected chi connectivity index (χ4v) is 3.85. The van der Waals surface area contributed by atoms with E-state index in [0.717, 1.165) is 49.7 Å². The maximum atomic E-state index is 13.0. The Morgan fingerprint density at radius 2 is 1.58 bits per heavy atom. The molecule has 3 heterocycles. The number of benzene rings is 1. The zero-order valence-corrected chi connectivity index (χ0v) is 17.1. The number of aromatic nitrogens is 2. The first kappa shape index (κ1) is 21.8. The number of ether oxygens (including phenoxy) is 2. The van der Waals surface area contributed by atoms with E-state index in [9.17, 15) is 13.2 Å². The highest BCUT2D eigenvalue weighted by Crippen LogP contribution is 2.31. The second-order valence-corrected chi connectivity index (χ2v) is 7.53. The lowest BCUT2D eigenvalue weighted by Crippen LogP contribution is -2.41. The lowest BCUT2D eigenvalue weighted by molar-refractivity contribution is -0.137. The first-order chi connectivity index (χ1) is 15.0. The molecule has 0 radical (unpaired) electrons. The molecule has 1 N–H and O–H groups in total. The summed E-state index contributed by atoms with van der Waals surface area (Å²) in [6, 6.07) is 7.20. The Morgan fingerprint density at radius 1 is 0.935 bits per heavy atom. The van der Waals surface area contributed by atoms with Gasteiger partial charge in [-0.25, -0.2) is 9.97 Å². The lowest BCUT2D eigenvalue weighted by atomic mass is 10.0. The molecule has 7 nitrogen and oxygen atoms in total. The first-order valence-corrected chi connectivity index (χ1v) is 10.4. The van der Waals surface area contributed by atoms with Crippen LogP contribution in [0.15, 0.2) is 36.7 Å². The van der Waals surface area contributed by atoms with Crippen LogP contribution in [0.25, 0.3) is 0 Å². The van der Waals surface area contributed by atoms with Crippen LogP contribution in [0.5, 0.6) is 0 Å². The fraction of sp³-hybridized carbons (Fsp3) is 0.524. The SMILES string of the molecule is FC(F)(F)c1ccc([C@H](CNc2cc(N3CCOCC3)ncn2)N2CCOCC2)cc1. The van der Waals surface area contributed by atoms with Crippen molar-refractivity contribution in [3.63, 3.8) is 0 Å². The van der Waals surface area contributed by atoms with Crippen LogP contribution < -0.4 is 10.2 Å². The topological polar surface area (TPSA) is 62.8 Å². The molecule has 31 heavy (non-hydrogen) atoms. The van der Waals surface area contributed by atoms with E-state index >= 15 is 0 Å². The maximum Gasteiger partial charge on any atom is 0.416 e. The zero-order valence-electron chi connectivity index (χ0n) is 17.1. The Morgan fingerprint density at radius 3 is 2.23 bits per heavy atom. The van der Waals surface area contributed by atoms with Gasteiger partial charge in [0.2, 0.25) is 0 Å². The van der Waals surface area contributed by atoms with Crippen molar-refractivity contribution < 1.29 is 22.6 Å². The number of hydrogen-bond acceptors (Lipinski definition) is 7. The molecule has 0 bridgehead atoms.